The van der Waals surface area contributed by atoms with Gasteiger partial charge < -0.3 is 15.8 Å². The van der Waals surface area contributed by atoms with Crippen molar-refractivity contribution in [3.05, 3.63) is 29.8 Å². The van der Waals surface area contributed by atoms with Gasteiger partial charge in [-0.15, -0.1) is 0 Å². The van der Waals surface area contributed by atoms with E-state index in [4.69, 9.17) is 15.5 Å². The number of hydrogen-bond donors (Lipinski definition) is 2. The predicted octanol–water partition coefficient (Wildman–Crippen LogP) is 3.57. The van der Waals surface area contributed by atoms with Crippen LogP contribution in [0.15, 0.2) is 29.3 Å². The molecule has 5 nitrogen and oxygen atoms in total. The maximum absolute atomic E-state index is 6.23. The Labute approximate surface area is 158 Å². The lowest BCUT2D eigenvalue weighted by Gasteiger charge is -2.47. The molecule has 1 aromatic rings. The zero-order valence-electron chi connectivity index (χ0n) is 16.3. The van der Waals surface area contributed by atoms with Gasteiger partial charge in [0, 0.05) is 24.3 Å². The van der Waals surface area contributed by atoms with Gasteiger partial charge in [0.05, 0.1) is 19.8 Å². The molecule has 3 N–H and O–H groups in total. The van der Waals surface area contributed by atoms with E-state index in [1.54, 1.807) is 0 Å². The lowest BCUT2D eigenvalue weighted by Crippen LogP contribution is -2.56. The topological polar surface area (TPSA) is 62.9 Å². The number of nitrogens with zero attached hydrogens (tertiary/aromatic N) is 2. The maximum Gasteiger partial charge on any atom is 0.193 e. The molecule has 1 aromatic carbocycles. The highest BCUT2D eigenvalue weighted by Crippen LogP contribution is 2.34. The molecule has 26 heavy (non-hydrogen) atoms. The summed E-state index contributed by atoms with van der Waals surface area (Å²) in [5.41, 5.74) is 8.71. The first kappa shape index (κ1) is 19.2. The van der Waals surface area contributed by atoms with Gasteiger partial charge in [-0.2, -0.15) is 0 Å². The van der Waals surface area contributed by atoms with Crippen molar-refractivity contribution in [1.29, 1.82) is 0 Å². The molecule has 0 radical (unpaired) electrons. The third-order valence-corrected chi connectivity index (χ3v) is 5.84. The summed E-state index contributed by atoms with van der Waals surface area (Å²) < 4.78 is 5.56. The molecule has 0 atom stereocenters. The minimum Gasteiger partial charge on any atom is -0.379 e. The first-order chi connectivity index (χ1) is 12.6. The van der Waals surface area contributed by atoms with Crippen molar-refractivity contribution < 1.29 is 4.74 Å². The molecule has 1 aliphatic heterocycles. The molecule has 1 saturated heterocycles. The van der Waals surface area contributed by atoms with Crippen molar-refractivity contribution in [2.24, 2.45) is 10.7 Å². The van der Waals surface area contributed by atoms with E-state index in [0.717, 1.165) is 38.5 Å². The van der Waals surface area contributed by atoms with E-state index in [0.29, 0.717) is 11.9 Å². The molecule has 1 saturated carbocycles. The van der Waals surface area contributed by atoms with Crippen LogP contribution >= 0.6 is 0 Å². The number of benzene rings is 1. The standard InChI is InChI=1S/C21H34N4O/c1-17(2)18-7-6-8-19(15-18)24-20(22)23-16-21(9-4-3-5-10-21)25-11-13-26-14-12-25/h6-8,15,17H,3-5,9-14,16H2,1-2H3,(H3,22,23,24). The van der Waals surface area contributed by atoms with Crippen molar-refractivity contribution in [3.8, 4) is 0 Å². The Morgan fingerprint density at radius 2 is 1.96 bits per heavy atom. The third-order valence-electron chi connectivity index (χ3n) is 5.84. The van der Waals surface area contributed by atoms with E-state index in [2.05, 4.69) is 42.3 Å². The van der Waals surface area contributed by atoms with Crippen LogP contribution < -0.4 is 11.1 Å². The number of aliphatic imine (C=N–C) groups is 1. The van der Waals surface area contributed by atoms with Crippen LogP contribution in [0.1, 0.15) is 57.4 Å². The molecule has 2 aliphatic rings. The quantitative estimate of drug-likeness (QED) is 0.624. The van der Waals surface area contributed by atoms with E-state index < -0.39 is 0 Å². The first-order valence-electron chi connectivity index (χ1n) is 10.1. The Morgan fingerprint density at radius 3 is 2.65 bits per heavy atom. The zero-order chi connectivity index (χ0) is 18.4. The van der Waals surface area contributed by atoms with Crippen LogP contribution in [0, 0.1) is 0 Å². The Hall–Kier alpha value is -1.59. The Morgan fingerprint density at radius 1 is 1.23 bits per heavy atom. The van der Waals surface area contributed by atoms with Gasteiger partial charge in [0.2, 0.25) is 0 Å². The van der Waals surface area contributed by atoms with Gasteiger partial charge in [-0.1, -0.05) is 45.2 Å². The summed E-state index contributed by atoms with van der Waals surface area (Å²) in [5, 5.41) is 3.28. The minimum absolute atomic E-state index is 0.161. The van der Waals surface area contributed by atoms with E-state index in [9.17, 15) is 0 Å². The number of anilines is 1. The van der Waals surface area contributed by atoms with Gasteiger partial charge in [0.1, 0.15) is 0 Å². The molecule has 3 rings (SSSR count). The number of morpholine rings is 1. The fourth-order valence-corrected chi connectivity index (χ4v) is 4.22. The second-order valence-corrected chi connectivity index (χ2v) is 7.99. The predicted molar refractivity (Wildman–Crippen MR) is 109 cm³/mol. The van der Waals surface area contributed by atoms with Gasteiger partial charge in [0.15, 0.2) is 5.96 Å². The summed E-state index contributed by atoms with van der Waals surface area (Å²) in [6.45, 7) is 8.87. The van der Waals surface area contributed by atoms with Gasteiger partial charge in [-0.25, -0.2) is 0 Å². The zero-order valence-corrected chi connectivity index (χ0v) is 16.3. The molecule has 1 heterocycles. The van der Waals surface area contributed by atoms with Crippen LogP contribution in [0.3, 0.4) is 0 Å². The lowest BCUT2D eigenvalue weighted by atomic mass is 9.80. The second kappa shape index (κ2) is 8.87. The molecule has 0 aromatic heterocycles. The fourth-order valence-electron chi connectivity index (χ4n) is 4.22. The van der Waals surface area contributed by atoms with E-state index >= 15 is 0 Å². The first-order valence-corrected chi connectivity index (χ1v) is 10.1. The van der Waals surface area contributed by atoms with E-state index in [1.807, 2.05) is 6.07 Å². The minimum atomic E-state index is 0.161. The average molecular weight is 359 g/mol. The summed E-state index contributed by atoms with van der Waals surface area (Å²) in [4.78, 5) is 7.37. The number of guanidine groups is 1. The van der Waals surface area contributed by atoms with Gasteiger partial charge >= 0.3 is 0 Å². The Balaban J connectivity index is 1.67. The van der Waals surface area contributed by atoms with Gasteiger partial charge in [-0.3, -0.25) is 9.89 Å². The summed E-state index contributed by atoms with van der Waals surface area (Å²) in [6, 6.07) is 8.43. The molecule has 1 aliphatic carbocycles. The van der Waals surface area contributed by atoms with E-state index in [1.165, 1.54) is 37.7 Å². The maximum atomic E-state index is 6.23. The van der Waals surface area contributed by atoms with Crippen LogP contribution in [-0.2, 0) is 4.74 Å². The van der Waals surface area contributed by atoms with Crippen LogP contribution in [0.5, 0.6) is 0 Å². The Kier molecular flexibility index (Phi) is 6.54. The summed E-state index contributed by atoms with van der Waals surface area (Å²) in [6.07, 6.45) is 6.35. The third kappa shape index (κ3) is 4.77. The largest absolute Gasteiger partial charge is 0.379 e. The van der Waals surface area contributed by atoms with Crippen molar-refractivity contribution in [2.45, 2.75) is 57.4 Å². The SMILES string of the molecule is CC(C)c1cccc(NC(N)=NCC2(N3CCOCC3)CCCCC2)c1. The molecular weight excluding hydrogens is 324 g/mol. The number of nitrogens with one attached hydrogen (secondary N) is 1. The highest BCUT2D eigenvalue weighted by atomic mass is 16.5. The molecule has 0 bridgehead atoms. The van der Waals surface area contributed by atoms with Gasteiger partial charge in [0.25, 0.3) is 0 Å². The van der Waals surface area contributed by atoms with Crippen molar-refractivity contribution in [3.63, 3.8) is 0 Å². The second-order valence-electron chi connectivity index (χ2n) is 7.99. The number of nitrogens with two attached hydrogens (primary N) is 1. The molecule has 5 heteroatoms. The molecule has 0 unspecified atom stereocenters. The summed E-state index contributed by atoms with van der Waals surface area (Å²) >= 11 is 0. The number of hydrogen-bond acceptors (Lipinski definition) is 3. The van der Waals surface area contributed by atoms with Crippen molar-refractivity contribution in [2.75, 3.05) is 38.2 Å². The number of ether oxygens (including phenoxy) is 1. The van der Waals surface area contributed by atoms with Gasteiger partial charge in [-0.05, 0) is 36.5 Å². The highest BCUT2D eigenvalue weighted by molar-refractivity contribution is 5.92. The monoisotopic (exact) mass is 358 g/mol. The molecular formula is C21H34N4O. The number of rotatable bonds is 5. The summed E-state index contributed by atoms with van der Waals surface area (Å²) in [7, 11) is 0. The molecule has 144 valence electrons. The van der Waals surface area contributed by atoms with Crippen LogP contribution in [0.2, 0.25) is 0 Å². The van der Waals surface area contributed by atoms with Crippen LogP contribution in [0.4, 0.5) is 5.69 Å². The normalized spacial score (nSPS) is 21.7. The molecule has 2 fully saturated rings. The lowest BCUT2D eigenvalue weighted by molar-refractivity contribution is -0.0333. The Bertz CT molecular complexity index is 602. The summed E-state index contributed by atoms with van der Waals surface area (Å²) in [5.74, 6) is 1.02. The van der Waals surface area contributed by atoms with E-state index in [-0.39, 0.29) is 5.54 Å². The van der Waals surface area contributed by atoms with Crippen LogP contribution in [0.25, 0.3) is 0 Å². The average Bonchev–Trinajstić information content (AvgIpc) is 2.68. The molecule has 0 spiro atoms. The molecule has 0 amide bonds. The highest BCUT2D eigenvalue weighted by Gasteiger charge is 2.38. The fraction of sp³-hybridized carbons (Fsp3) is 0.667. The van der Waals surface area contributed by atoms with Crippen LogP contribution in [-0.4, -0.2) is 49.2 Å². The van der Waals surface area contributed by atoms with Crippen molar-refractivity contribution in [1.82, 2.24) is 4.90 Å². The van der Waals surface area contributed by atoms with Crippen molar-refractivity contribution >= 4 is 11.6 Å². The smallest absolute Gasteiger partial charge is 0.193 e.